The van der Waals surface area contributed by atoms with Crippen LogP contribution in [-0.2, 0) is 14.3 Å². The minimum absolute atomic E-state index is 0.383. The van der Waals surface area contributed by atoms with Crippen LogP contribution in [0.3, 0.4) is 0 Å². The number of aliphatic hydroxyl groups excluding tert-OH is 1. The van der Waals surface area contributed by atoms with Crippen molar-refractivity contribution in [2.75, 3.05) is 6.61 Å². The van der Waals surface area contributed by atoms with E-state index in [-0.39, 0.29) is 0 Å². The van der Waals surface area contributed by atoms with Crippen LogP contribution in [-0.4, -0.2) is 24.2 Å². The lowest BCUT2D eigenvalue weighted by Gasteiger charge is -2.09. The van der Waals surface area contributed by atoms with Gasteiger partial charge in [0.25, 0.3) is 0 Å². The Hall–Kier alpha value is -0.610. The molecule has 0 aliphatic carbocycles. The van der Waals surface area contributed by atoms with Gasteiger partial charge in [0.15, 0.2) is 0 Å². The smallest absolute Gasteiger partial charge is 0.315 e. The van der Waals surface area contributed by atoms with E-state index in [0.29, 0.717) is 6.61 Å². The Kier molecular flexibility index (Phi) is 4.88. The SMILES string of the molecule is CCCOC(O)OC(C)=O. The maximum atomic E-state index is 10.2. The highest BCUT2D eigenvalue weighted by molar-refractivity contribution is 5.65. The van der Waals surface area contributed by atoms with Crippen LogP contribution in [0.4, 0.5) is 0 Å². The highest BCUT2D eigenvalue weighted by Crippen LogP contribution is 1.91. The van der Waals surface area contributed by atoms with Gasteiger partial charge in [-0.2, -0.15) is 0 Å². The molecule has 60 valence electrons. The molecular formula is C6H12O4. The number of ether oxygens (including phenoxy) is 2. The molecule has 0 rings (SSSR count). The molecular weight excluding hydrogens is 136 g/mol. The van der Waals surface area contributed by atoms with Crippen LogP contribution < -0.4 is 0 Å². The molecule has 4 heteroatoms. The summed E-state index contributed by atoms with van der Waals surface area (Å²) in [7, 11) is 0. The monoisotopic (exact) mass is 148 g/mol. The quantitative estimate of drug-likeness (QED) is 0.458. The van der Waals surface area contributed by atoms with Gasteiger partial charge >= 0.3 is 12.4 Å². The molecule has 0 aromatic carbocycles. The second-order valence-corrected chi connectivity index (χ2v) is 1.79. The molecule has 0 aliphatic heterocycles. The highest BCUT2D eigenvalue weighted by Gasteiger charge is 2.04. The van der Waals surface area contributed by atoms with Gasteiger partial charge in [0.05, 0.1) is 6.61 Å². The van der Waals surface area contributed by atoms with Crippen LogP contribution in [0.25, 0.3) is 0 Å². The predicted octanol–water partition coefficient (Wildman–Crippen LogP) is 0.252. The van der Waals surface area contributed by atoms with Crippen LogP contribution in [0, 0.1) is 0 Å². The molecule has 0 amide bonds. The van der Waals surface area contributed by atoms with Gasteiger partial charge in [-0.3, -0.25) is 4.79 Å². The van der Waals surface area contributed by atoms with Crippen LogP contribution in [0.5, 0.6) is 0 Å². The average molecular weight is 148 g/mol. The van der Waals surface area contributed by atoms with Gasteiger partial charge in [0, 0.05) is 6.92 Å². The zero-order valence-electron chi connectivity index (χ0n) is 6.16. The standard InChI is InChI=1S/C6H12O4/c1-3-4-9-6(8)10-5(2)7/h6,8H,3-4H2,1-2H3. The van der Waals surface area contributed by atoms with Gasteiger partial charge in [0.1, 0.15) is 0 Å². The normalized spacial score (nSPS) is 12.7. The third-order valence-electron chi connectivity index (χ3n) is 0.731. The fourth-order valence-electron chi connectivity index (χ4n) is 0.395. The van der Waals surface area contributed by atoms with Crippen LogP contribution in [0.15, 0.2) is 0 Å². The molecule has 4 nitrogen and oxygen atoms in total. The summed E-state index contributed by atoms with van der Waals surface area (Å²) in [5.41, 5.74) is 0. The zero-order chi connectivity index (χ0) is 7.98. The lowest BCUT2D eigenvalue weighted by molar-refractivity contribution is -0.251. The van der Waals surface area contributed by atoms with Crippen molar-refractivity contribution in [3.8, 4) is 0 Å². The molecule has 1 N–H and O–H groups in total. The van der Waals surface area contributed by atoms with Gasteiger partial charge in [-0.1, -0.05) is 6.92 Å². The fourth-order valence-corrected chi connectivity index (χ4v) is 0.395. The summed E-state index contributed by atoms with van der Waals surface area (Å²) in [5, 5.41) is 8.69. The van der Waals surface area contributed by atoms with Crippen molar-refractivity contribution in [2.45, 2.75) is 26.7 Å². The maximum Gasteiger partial charge on any atom is 0.315 e. The molecule has 0 radical (unpaired) electrons. The van der Waals surface area contributed by atoms with E-state index in [0.717, 1.165) is 6.42 Å². The lowest BCUT2D eigenvalue weighted by atomic mass is 10.5. The van der Waals surface area contributed by atoms with Crippen molar-refractivity contribution in [1.82, 2.24) is 0 Å². The summed E-state index contributed by atoms with van der Waals surface area (Å²) >= 11 is 0. The van der Waals surface area contributed by atoms with Gasteiger partial charge in [-0.05, 0) is 6.42 Å². The van der Waals surface area contributed by atoms with Crippen molar-refractivity contribution < 1.29 is 19.4 Å². The number of hydrogen-bond donors (Lipinski definition) is 1. The Balaban J connectivity index is 3.25. The molecule has 0 aromatic rings. The van der Waals surface area contributed by atoms with E-state index in [1.165, 1.54) is 6.92 Å². The van der Waals surface area contributed by atoms with Crippen molar-refractivity contribution in [3.63, 3.8) is 0 Å². The Bertz CT molecular complexity index is 102. The first-order valence-corrected chi connectivity index (χ1v) is 3.13. The number of hydrogen-bond acceptors (Lipinski definition) is 4. The summed E-state index contributed by atoms with van der Waals surface area (Å²) in [4.78, 5) is 10.2. The van der Waals surface area contributed by atoms with E-state index in [1.807, 2.05) is 6.92 Å². The second-order valence-electron chi connectivity index (χ2n) is 1.79. The van der Waals surface area contributed by atoms with E-state index in [4.69, 9.17) is 5.11 Å². The number of esters is 1. The topological polar surface area (TPSA) is 55.8 Å². The molecule has 0 saturated carbocycles. The summed E-state index contributed by atoms with van der Waals surface area (Å²) in [5.74, 6) is -0.552. The number of carbonyl (C=O) groups excluding carboxylic acids is 1. The third kappa shape index (κ3) is 5.53. The Labute approximate surface area is 59.7 Å². The van der Waals surface area contributed by atoms with Gasteiger partial charge in [-0.25, -0.2) is 0 Å². The number of rotatable bonds is 4. The first-order valence-electron chi connectivity index (χ1n) is 3.13. The Morgan fingerprint density at radius 2 is 2.30 bits per heavy atom. The van der Waals surface area contributed by atoms with E-state index < -0.39 is 12.4 Å². The Morgan fingerprint density at radius 3 is 2.70 bits per heavy atom. The fraction of sp³-hybridized carbons (Fsp3) is 0.833. The predicted molar refractivity (Wildman–Crippen MR) is 34.0 cm³/mol. The minimum atomic E-state index is -1.41. The van der Waals surface area contributed by atoms with Crippen molar-refractivity contribution in [3.05, 3.63) is 0 Å². The van der Waals surface area contributed by atoms with E-state index in [2.05, 4.69) is 9.47 Å². The molecule has 0 fully saturated rings. The van der Waals surface area contributed by atoms with Crippen LogP contribution in [0.1, 0.15) is 20.3 Å². The van der Waals surface area contributed by atoms with Crippen LogP contribution >= 0.6 is 0 Å². The van der Waals surface area contributed by atoms with Crippen molar-refractivity contribution in [2.24, 2.45) is 0 Å². The summed E-state index contributed by atoms with van der Waals surface area (Å²) in [6.07, 6.45) is 0.776. The first-order chi connectivity index (χ1) is 4.66. The molecule has 0 bridgehead atoms. The maximum absolute atomic E-state index is 10.2. The van der Waals surface area contributed by atoms with Gasteiger partial charge in [-0.15, -0.1) is 0 Å². The molecule has 1 atom stereocenters. The van der Waals surface area contributed by atoms with Crippen LogP contribution in [0.2, 0.25) is 0 Å². The molecule has 10 heavy (non-hydrogen) atoms. The van der Waals surface area contributed by atoms with Crippen molar-refractivity contribution in [1.29, 1.82) is 0 Å². The zero-order valence-corrected chi connectivity index (χ0v) is 6.16. The molecule has 1 unspecified atom stereocenters. The molecule has 0 heterocycles. The molecule has 0 aromatic heterocycles. The largest absolute Gasteiger partial charge is 0.411 e. The van der Waals surface area contributed by atoms with E-state index in [9.17, 15) is 4.79 Å². The summed E-state index contributed by atoms with van der Waals surface area (Å²) < 4.78 is 8.86. The molecule has 0 spiro atoms. The molecule has 0 saturated heterocycles. The van der Waals surface area contributed by atoms with Gasteiger partial charge < -0.3 is 14.6 Å². The number of carbonyl (C=O) groups is 1. The highest BCUT2D eigenvalue weighted by atomic mass is 16.8. The lowest BCUT2D eigenvalue weighted by Crippen LogP contribution is -2.19. The summed E-state index contributed by atoms with van der Waals surface area (Å²) in [6.45, 7) is 2.07. The number of aliphatic hydroxyl groups is 1. The molecule has 0 aliphatic rings. The first kappa shape index (κ1) is 9.39. The third-order valence-corrected chi connectivity index (χ3v) is 0.731. The summed E-state index contributed by atoms with van der Waals surface area (Å²) in [6, 6.07) is 0. The minimum Gasteiger partial charge on any atom is -0.411 e. The Morgan fingerprint density at radius 1 is 1.70 bits per heavy atom. The van der Waals surface area contributed by atoms with E-state index in [1.54, 1.807) is 0 Å². The van der Waals surface area contributed by atoms with E-state index >= 15 is 0 Å². The van der Waals surface area contributed by atoms with Crippen molar-refractivity contribution >= 4 is 5.97 Å². The second kappa shape index (κ2) is 5.20. The average Bonchev–Trinajstić information content (AvgIpc) is 1.82. The van der Waals surface area contributed by atoms with Gasteiger partial charge in [0.2, 0.25) is 0 Å².